The molecule has 1 amide bonds. The zero-order chi connectivity index (χ0) is 18.7. The highest BCUT2D eigenvalue weighted by molar-refractivity contribution is 7.14. The Balaban J connectivity index is 1.73. The molecule has 0 radical (unpaired) electrons. The van der Waals surface area contributed by atoms with E-state index in [1.165, 1.54) is 41.2 Å². The van der Waals surface area contributed by atoms with Gasteiger partial charge in [0.25, 0.3) is 0 Å². The van der Waals surface area contributed by atoms with Gasteiger partial charge in [0.2, 0.25) is 5.91 Å². The summed E-state index contributed by atoms with van der Waals surface area (Å²) < 4.78 is 13.7. The maximum atomic E-state index is 13.7. The Morgan fingerprint density at radius 2 is 2.08 bits per heavy atom. The molecule has 6 heteroatoms. The quantitative estimate of drug-likeness (QED) is 0.569. The number of benzene rings is 2. The molecule has 0 saturated carbocycles. The molecule has 0 aliphatic carbocycles. The predicted molar refractivity (Wildman–Crippen MR) is 106 cm³/mol. The van der Waals surface area contributed by atoms with Gasteiger partial charge in [0.05, 0.1) is 10.7 Å². The number of carbonyl (C=O) groups excluding carboxylic acids is 1. The molecule has 1 aromatic heterocycles. The lowest BCUT2D eigenvalue weighted by Crippen LogP contribution is -2.07. The van der Waals surface area contributed by atoms with Crippen molar-refractivity contribution in [3.63, 3.8) is 0 Å². The standard InChI is InChI=1S/C20H16ClFN2OS/c1-12-6-7-14(13(2)10-12)18-11-26-20(23-18)24-19(25)9-8-15-16(21)4-3-5-17(15)22/h3-11H,1-2H3,(H,23,24,25). The van der Waals surface area contributed by atoms with Crippen molar-refractivity contribution in [1.29, 1.82) is 0 Å². The number of nitrogens with zero attached hydrogens (tertiary/aromatic N) is 1. The lowest BCUT2D eigenvalue weighted by molar-refractivity contribution is -0.111. The number of rotatable bonds is 4. The first kappa shape index (κ1) is 18.3. The number of hydrogen-bond acceptors (Lipinski definition) is 3. The number of carbonyl (C=O) groups is 1. The van der Waals surface area contributed by atoms with Gasteiger partial charge >= 0.3 is 0 Å². The third-order valence-corrected chi connectivity index (χ3v) is 4.88. The number of amides is 1. The molecule has 2 aromatic carbocycles. The first-order valence-electron chi connectivity index (χ1n) is 7.90. The highest BCUT2D eigenvalue weighted by atomic mass is 35.5. The molecule has 0 aliphatic rings. The van der Waals surface area contributed by atoms with E-state index in [0.717, 1.165) is 16.8 Å². The van der Waals surface area contributed by atoms with E-state index in [-0.39, 0.29) is 10.6 Å². The molecule has 0 fully saturated rings. The van der Waals surface area contributed by atoms with Gasteiger partial charge in [-0.25, -0.2) is 9.37 Å². The van der Waals surface area contributed by atoms with Gasteiger partial charge in [-0.1, -0.05) is 41.4 Å². The zero-order valence-corrected chi connectivity index (χ0v) is 15.8. The van der Waals surface area contributed by atoms with E-state index in [0.29, 0.717) is 5.13 Å². The minimum atomic E-state index is -0.479. The van der Waals surface area contributed by atoms with Crippen LogP contribution in [0.4, 0.5) is 9.52 Å². The molecule has 0 saturated heterocycles. The van der Waals surface area contributed by atoms with Crippen molar-refractivity contribution in [3.8, 4) is 11.3 Å². The summed E-state index contributed by atoms with van der Waals surface area (Å²) >= 11 is 7.27. The molecular weight excluding hydrogens is 371 g/mol. The second kappa shape index (κ2) is 7.81. The third kappa shape index (κ3) is 4.18. The molecule has 0 atom stereocenters. The lowest BCUT2D eigenvalue weighted by Gasteiger charge is -2.03. The van der Waals surface area contributed by atoms with Crippen LogP contribution in [0.25, 0.3) is 17.3 Å². The number of hydrogen-bond donors (Lipinski definition) is 1. The number of aromatic nitrogens is 1. The number of anilines is 1. The Kier molecular flexibility index (Phi) is 5.49. The van der Waals surface area contributed by atoms with Crippen LogP contribution in [0.2, 0.25) is 5.02 Å². The second-order valence-electron chi connectivity index (χ2n) is 5.81. The fourth-order valence-electron chi connectivity index (χ4n) is 2.53. The van der Waals surface area contributed by atoms with Crippen LogP contribution >= 0.6 is 22.9 Å². The van der Waals surface area contributed by atoms with Gasteiger partial charge in [-0.3, -0.25) is 10.1 Å². The SMILES string of the molecule is Cc1ccc(-c2csc(NC(=O)C=Cc3c(F)cccc3Cl)n2)c(C)c1. The molecule has 3 rings (SSSR count). The monoisotopic (exact) mass is 386 g/mol. The van der Waals surface area contributed by atoms with Crippen molar-refractivity contribution in [3.05, 3.63) is 75.4 Å². The molecule has 0 bridgehead atoms. The van der Waals surface area contributed by atoms with E-state index in [1.54, 1.807) is 6.07 Å². The molecule has 0 unspecified atom stereocenters. The van der Waals surface area contributed by atoms with Crippen LogP contribution in [-0.4, -0.2) is 10.9 Å². The highest BCUT2D eigenvalue weighted by Gasteiger charge is 2.09. The average molecular weight is 387 g/mol. The number of halogens is 2. The fraction of sp³-hybridized carbons (Fsp3) is 0.100. The summed E-state index contributed by atoms with van der Waals surface area (Å²) in [7, 11) is 0. The van der Waals surface area contributed by atoms with Crippen LogP contribution in [-0.2, 0) is 4.79 Å². The van der Waals surface area contributed by atoms with Gasteiger partial charge in [0, 0.05) is 22.6 Å². The maximum absolute atomic E-state index is 13.7. The number of thiazole rings is 1. The molecule has 3 nitrogen and oxygen atoms in total. The van der Waals surface area contributed by atoms with Gasteiger partial charge in [0.15, 0.2) is 5.13 Å². The van der Waals surface area contributed by atoms with E-state index in [9.17, 15) is 9.18 Å². The molecular formula is C20H16ClFN2OS. The van der Waals surface area contributed by atoms with Gasteiger partial charge in [-0.2, -0.15) is 0 Å². The minimum Gasteiger partial charge on any atom is -0.298 e. The van der Waals surface area contributed by atoms with Gasteiger partial charge in [-0.15, -0.1) is 11.3 Å². The Morgan fingerprint density at radius 1 is 1.27 bits per heavy atom. The minimum absolute atomic E-state index is 0.180. The Bertz CT molecular complexity index is 977. The van der Waals surface area contributed by atoms with Crippen LogP contribution in [0.15, 0.2) is 47.9 Å². The van der Waals surface area contributed by atoms with E-state index >= 15 is 0 Å². The summed E-state index contributed by atoms with van der Waals surface area (Å²) in [4.78, 5) is 16.5. The summed E-state index contributed by atoms with van der Waals surface area (Å²) in [6.45, 7) is 4.07. The largest absolute Gasteiger partial charge is 0.298 e. The van der Waals surface area contributed by atoms with Gasteiger partial charge < -0.3 is 0 Å². The van der Waals surface area contributed by atoms with E-state index in [4.69, 9.17) is 11.6 Å². The molecule has 3 aromatic rings. The van der Waals surface area contributed by atoms with Crippen LogP contribution < -0.4 is 5.32 Å². The smallest absolute Gasteiger partial charge is 0.250 e. The van der Waals surface area contributed by atoms with Crippen molar-refractivity contribution in [2.75, 3.05) is 5.32 Å². The van der Waals surface area contributed by atoms with Crippen LogP contribution in [0, 0.1) is 19.7 Å². The van der Waals surface area contributed by atoms with Crippen molar-refractivity contribution < 1.29 is 9.18 Å². The predicted octanol–water partition coefficient (Wildman–Crippen LogP) is 5.87. The zero-order valence-electron chi connectivity index (χ0n) is 14.2. The van der Waals surface area contributed by atoms with Crippen molar-refractivity contribution in [2.24, 2.45) is 0 Å². The molecule has 1 N–H and O–H groups in total. The van der Waals surface area contributed by atoms with E-state index in [2.05, 4.69) is 16.4 Å². The highest BCUT2D eigenvalue weighted by Crippen LogP contribution is 2.28. The summed E-state index contributed by atoms with van der Waals surface area (Å²) in [5, 5.41) is 5.31. The Hall–Kier alpha value is -2.50. The summed E-state index contributed by atoms with van der Waals surface area (Å²) in [6.07, 6.45) is 2.59. The first-order valence-corrected chi connectivity index (χ1v) is 9.16. The van der Waals surface area contributed by atoms with Gasteiger partial charge in [0.1, 0.15) is 5.82 Å². The maximum Gasteiger partial charge on any atom is 0.250 e. The van der Waals surface area contributed by atoms with E-state index < -0.39 is 11.7 Å². The fourth-order valence-corrected chi connectivity index (χ4v) is 3.47. The van der Waals surface area contributed by atoms with Crippen LogP contribution in [0.3, 0.4) is 0 Å². The normalized spacial score (nSPS) is 11.1. The molecule has 0 spiro atoms. The van der Waals surface area contributed by atoms with E-state index in [1.807, 2.05) is 31.4 Å². The summed E-state index contributed by atoms with van der Waals surface area (Å²) in [5.74, 6) is -0.876. The second-order valence-corrected chi connectivity index (χ2v) is 7.08. The van der Waals surface area contributed by atoms with Gasteiger partial charge in [-0.05, 0) is 37.6 Å². The molecule has 0 aliphatic heterocycles. The van der Waals surface area contributed by atoms with Crippen LogP contribution in [0.1, 0.15) is 16.7 Å². The number of nitrogens with one attached hydrogen (secondary N) is 1. The topological polar surface area (TPSA) is 42.0 Å². The molecule has 26 heavy (non-hydrogen) atoms. The van der Waals surface area contributed by atoms with Crippen molar-refractivity contribution >= 4 is 40.1 Å². The lowest BCUT2D eigenvalue weighted by atomic mass is 10.0. The van der Waals surface area contributed by atoms with Crippen molar-refractivity contribution in [1.82, 2.24) is 4.98 Å². The average Bonchev–Trinajstić information content (AvgIpc) is 3.02. The first-order chi connectivity index (χ1) is 12.4. The Morgan fingerprint density at radius 3 is 2.81 bits per heavy atom. The summed E-state index contributed by atoms with van der Waals surface area (Å²) in [5.41, 5.74) is 4.33. The van der Waals surface area contributed by atoms with Crippen LogP contribution in [0.5, 0.6) is 0 Å². The Labute approximate surface area is 160 Å². The third-order valence-electron chi connectivity index (χ3n) is 3.79. The molecule has 132 valence electrons. The van der Waals surface area contributed by atoms with Crippen molar-refractivity contribution in [2.45, 2.75) is 13.8 Å². The number of aryl methyl sites for hydroxylation is 2. The summed E-state index contributed by atoms with van der Waals surface area (Å²) in [6, 6.07) is 10.5. The molecule has 1 heterocycles.